The van der Waals surface area contributed by atoms with Gasteiger partial charge in [0.25, 0.3) is 5.79 Å². The number of hydrogen-bond donors (Lipinski definition) is 0. The third-order valence-corrected chi connectivity index (χ3v) is 5.85. The van der Waals surface area contributed by atoms with Gasteiger partial charge in [0.15, 0.2) is 5.65 Å². The van der Waals surface area contributed by atoms with E-state index in [0.717, 1.165) is 0 Å². The van der Waals surface area contributed by atoms with Gasteiger partial charge in [0.1, 0.15) is 22.6 Å². The molecule has 0 saturated carbocycles. The molecule has 10 nitrogen and oxygen atoms in total. The summed E-state index contributed by atoms with van der Waals surface area (Å²) in [5.74, 6) is -2.44. The van der Waals surface area contributed by atoms with Gasteiger partial charge in [-0.25, -0.2) is 14.5 Å². The minimum absolute atomic E-state index is 0.217. The zero-order chi connectivity index (χ0) is 19.8. The van der Waals surface area contributed by atoms with Crippen molar-refractivity contribution >= 4 is 23.4 Å². The molecule has 144 valence electrons. The monoisotopic (exact) mass is 391 g/mol. The molecule has 1 saturated heterocycles. The molecule has 2 aromatic heterocycles. The number of carbonyl (C=O) groups excluding carboxylic acids is 1. The summed E-state index contributed by atoms with van der Waals surface area (Å²) in [6, 6.07) is 0. The molecule has 11 heteroatoms. The van der Waals surface area contributed by atoms with Crippen molar-refractivity contribution < 1.29 is 14.3 Å². The number of fused-ring (bicyclic) bond motifs is 1. The number of thioether (sulfide) groups is 1. The van der Waals surface area contributed by atoms with Crippen LogP contribution in [0.2, 0.25) is 0 Å². The van der Waals surface area contributed by atoms with Crippen molar-refractivity contribution in [3.8, 4) is 0 Å². The van der Waals surface area contributed by atoms with Crippen LogP contribution in [0.3, 0.4) is 0 Å². The molecule has 1 aliphatic rings. The lowest BCUT2D eigenvalue weighted by Crippen LogP contribution is -2.51. The highest BCUT2D eigenvalue weighted by Crippen LogP contribution is 2.54. The fourth-order valence-corrected chi connectivity index (χ4v) is 4.12. The maximum atomic E-state index is 12.0. The van der Waals surface area contributed by atoms with Gasteiger partial charge in [0, 0.05) is 17.8 Å². The fourth-order valence-electron chi connectivity index (χ4n) is 3.65. The van der Waals surface area contributed by atoms with Crippen molar-refractivity contribution in [3.63, 3.8) is 0 Å². The maximum Gasteiger partial charge on any atom is 0.305 e. The van der Waals surface area contributed by atoms with Gasteiger partial charge < -0.3 is 9.47 Å². The van der Waals surface area contributed by atoms with Crippen molar-refractivity contribution in [1.82, 2.24) is 19.6 Å². The van der Waals surface area contributed by atoms with Crippen LogP contribution in [0.4, 0.5) is 0 Å². The van der Waals surface area contributed by atoms with E-state index < -0.39 is 17.3 Å². The molecule has 3 rings (SSSR count). The van der Waals surface area contributed by atoms with Crippen LogP contribution in [0, 0.1) is 5.92 Å². The summed E-state index contributed by atoms with van der Waals surface area (Å²) in [5.41, 5.74) is 8.92. The Morgan fingerprint density at radius 1 is 1.56 bits per heavy atom. The summed E-state index contributed by atoms with van der Waals surface area (Å²) in [7, 11) is 0. The average Bonchev–Trinajstić information content (AvgIpc) is 3.15. The van der Waals surface area contributed by atoms with Crippen LogP contribution in [0.1, 0.15) is 39.8 Å². The molecule has 4 atom stereocenters. The van der Waals surface area contributed by atoms with Crippen molar-refractivity contribution in [3.05, 3.63) is 28.7 Å². The number of imidazole rings is 1. The van der Waals surface area contributed by atoms with Crippen LogP contribution >= 0.6 is 11.8 Å². The molecular formula is C16H21N7O3S. The molecule has 0 bridgehead atoms. The van der Waals surface area contributed by atoms with E-state index in [1.54, 1.807) is 6.92 Å². The van der Waals surface area contributed by atoms with Crippen LogP contribution in [-0.4, -0.2) is 43.5 Å². The smallest absolute Gasteiger partial charge is 0.305 e. The molecule has 0 spiro atoms. The molecule has 1 fully saturated rings. The largest absolute Gasteiger partial charge is 0.426 e. The molecule has 0 amide bonds. The lowest BCUT2D eigenvalue weighted by molar-refractivity contribution is -0.249. The molecule has 0 aliphatic carbocycles. The molecular weight excluding hydrogens is 370 g/mol. The Morgan fingerprint density at radius 2 is 2.30 bits per heavy atom. The molecule has 3 heterocycles. The Kier molecular flexibility index (Phi) is 5.02. The van der Waals surface area contributed by atoms with Crippen molar-refractivity contribution in [2.45, 2.75) is 56.6 Å². The fraction of sp³-hybridized carbons (Fsp3) is 0.625. The number of hydrogen-bond acceptors (Lipinski definition) is 8. The van der Waals surface area contributed by atoms with Gasteiger partial charge in [-0.3, -0.25) is 4.79 Å². The molecule has 1 aliphatic heterocycles. The number of ether oxygens (including phenoxy) is 2. The summed E-state index contributed by atoms with van der Waals surface area (Å²) in [4.78, 5) is 23.7. The van der Waals surface area contributed by atoms with Gasteiger partial charge in [-0.15, -0.1) is 11.8 Å². The minimum Gasteiger partial charge on any atom is -0.426 e. The summed E-state index contributed by atoms with van der Waals surface area (Å²) in [5, 5.41) is 8.97. The molecule has 0 N–H and O–H groups in total. The number of carbonyl (C=O) groups is 1. The summed E-state index contributed by atoms with van der Waals surface area (Å²) in [6.07, 6.45) is 5.17. The Balaban J connectivity index is 2.34. The lowest BCUT2D eigenvalue weighted by Gasteiger charge is -2.38. The van der Waals surface area contributed by atoms with Crippen molar-refractivity contribution in [1.29, 1.82) is 0 Å². The molecule has 2 aromatic rings. The van der Waals surface area contributed by atoms with E-state index in [9.17, 15) is 10.3 Å². The van der Waals surface area contributed by atoms with Gasteiger partial charge in [0.05, 0.1) is 12.3 Å². The zero-order valence-electron chi connectivity index (χ0n) is 15.8. The van der Waals surface area contributed by atoms with E-state index in [-0.39, 0.29) is 12.0 Å². The topological polar surface area (TPSA) is 127 Å². The Hall–Kier alpha value is -2.36. The highest BCUT2D eigenvalue weighted by atomic mass is 32.2. The van der Waals surface area contributed by atoms with Gasteiger partial charge in [-0.05, 0) is 25.1 Å². The Bertz CT molecular complexity index is 928. The van der Waals surface area contributed by atoms with Crippen molar-refractivity contribution in [2.24, 2.45) is 11.0 Å². The van der Waals surface area contributed by atoms with Gasteiger partial charge in [0.2, 0.25) is 0 Å². The molecule has 27 heavy (non-hydrogen) atoms. The summed E-state index contributed by atoms with van der Waals surface area (Å²) >= 11 is 1.42. The average molecular weight is 391 g/mol. The van der Waals surface area contributed by atoms with E-state index in [0.29, 0.717) is 22.8 Å². The van der Waals surface area contributed by atoms with E-state index in [1.165, 1.54) is 35.7 Å². The van der Waals surface area contributed by atoms with Crippen LogP contribution in [0.5, 0.6) is 0 Å². The third kappa shape index (κ3) is 2.73. The Morgan fingerprint density at radius 3 is 2.89 bits per heavy atom. The maximum absolute atomic E-state index is 12.0. The van der Waals surface area contributed by atoms with Crippen LogP contribution in [-0.2, 0) is 20.1 Å². The number of nitrogens with zero attached hydrogens (tertiary/aromatic N) is 7. The van der Waals surface area contributed by atoms with Crippen molar-refractivity contribution in [2.75, 3.05) is 6.26 Å². The van der Waals surface area contributed by atoms with E-state index in [2.05, 4.69) is 25.1 Å². The van der Waals surface area contributed by atoms with E-state index in [4.69, 9.17) is 9.47 Å². The third-order valence-electron chi connectivity index (χ3n) is 5.17. The predicted octanol–water partition coefficient (Wildman–Crippen LogP) is 3.08. The summed E-state index contributed by atoms with van der Waals surface area (Å²) < 4.78 is 13.5. The predicted molar refractivity (Wildman–Crippen MR) is 97.9 cm³/mol. The quantitative estimate of drug-likeness (QED) is 0.252. The lowest BCUT2D eigenvalue weighted by atomic mass is 9.79. The minimum atomic E-state index is -1.66. The first-order chi connectivity index (χ1) is 12.8. The van der Waals surface area contributed by atoms with Gasteiger partial charge in [-0.2, -0.15) is 5.10 Å². The molecule has 1 unspecified atom stereocenters. The highest BCUT2D eigenvalue weighted by Gasteiger charge is 2.66. The molecule has 0 aromatic carbocycles. The first kappa shape index (κ1) is 19.4. The first-order valence-electron chi connectivity index (χ1n) is 8.51. The number of azide groups is 1. The van der Waals surface area contributed by atoms with E-state index >= 15 is 0 Å². The van der Waals surface area contributed by atoms with Crippen LogP contribution in [0.15, 0.2) is 22.7 Å². The normalized spacial score (nSPS) is 30.3. The summed E-state index contributed by atoms with van der Waals surface area (Å²) in [6.45, 7) is 6.90. The number of rotatable bonds is 5. The number of esters is 1. The van der Waals surface area contributed by atoms with Gasteiger partial charge in [-0.1, -0.05) is 19.0 Å². The second-order valence-electron chi connectivity index (χ2n) is 6.55. The molecule has 0 radical (unpaired) electrons. The zero-order valence-corrected chi connectivity index (χ0v) is 16.6. The van der Waals surface area contributed by atoms with Crippen LogP contribution < -0.4 is 0 Å². The standard InChI is InChI=1S/C16H21N7O3S/c1-6-11-9(2)15(4,21-22-17)16(26-11,25-10(3)24)12-7-18-13-14(27-5)19-8-20-23(12)13/h7-9,11H,6H2,1-5H3/t9-,11-,15-,16?/m1/s1. The van der Waals surface area contributed by atoms with Crippen LogP contribution in [0.25, 0.3) is 16.1 Å². The number of aromatic nitrogens is 4. The second kappa shape index (κ2) is 6.99. The Labute approximate surface area is 160 Å². The van der Waals surface area contributed by atoms with E-state index in [1.807, 2.05) is 20.1 Å². The second-order valence-corrected chi connectivity index (χ2v) is 7.34. The SMILES string of the molecule is CC[C@H]1OC(OC(C)=O)(c2cnc3c(SC)ncnn23)[C@](C)(N=[N+]=[N-])[C@@H]1C. The highest BCUT2D eigenvalue weighted by molar-refractivity contribution is 7.98. The van der Waals surface area contributed by atoms with Gasteiger partial charge >= 0.3 is 5.97 Å². The first-order valence-corrected chi connectivity index (χ1v) is 9.74.